The lowest BCUT2D eigenvalue weighted by Gasteiger charge is -2.13. The molecular formula is C63H47BBr2O5S2. The highest BCUT2D eigenvalue weighted by atomic mass is 79.9. The molecular weight excluding hydrogens is 1070 g/mol. The SMILES string of the molecule is Brc1ccc2c(c1)sc1cc(Br)ccc12.COc1ccc(-c2ccc3c(c2)sc2cc(-c4ccc(OC)cc4-c4ccccc4)ccc23)c(-c2ccccc2)c1.COc1ccc(B(O)O)c(-c2ccccc2)c1. The van der Waals surface area contributed by atoms with E-state index in [1.54, 1.807) is 39.5 Å². The smallest absolute Gasteiger partial charge is 0.489 e. The molecule has 0 aliphatic heterocycles. The van der Waals surface area contributed by atoms with Crippen molar-refractivity contribution in [2.24, 2.45) is 0 Å². The minimum absolute atomic E-state index is 0.469. The van der Waals surface area contributed by atoms with Gasteiger partial charge in [0.15, 0.2) is 0 Å². The van der Waals surface area contributed by atoms with Crippen LogP contribution in [0.5, 0.6) is 17.2 Å². The topological polar surface area (TPSA) is 68.2 Å². The first-order valence-electron chi connectivity index (χ1n) is 23.5. The summed E-state index contributed by atoms with van der Waals surface area (Å²) in [6, 6.07) is 75.0. The number of rotatable bonds is 9. The molecule has 0 aliphatic rings. The number of halogens is 2. The van der Waals surface area contributed by atoms with Crippen LogP contribution in [0.3, 0.4) is 0 Å². The molecule has 0 spiro atoms. The van der Waals surface area contributed by atoms with E-state index in [0.717, 1.165) is 31.6 Å². The van der Waals surface area contributed by atoms with Gasteiger partial charge < -0.3 is 24.3 Å². The van der Waals surface area contributed by atoms with E-state index >= 15 is 0 Å². The lowest BCUT2D eigenvalue weighted by molar-refractivity contribution is 0.414. The molecule has 0 unspecified atom stereocenters. The Morgan fingerprint density at radius 1 is 0.329 bits per heavy atom. The average Bonchev–Trinajstić information content (AvgIpc) is 3.99. The number of methoxy groups -OCH3 is 3. The van der Waals surface area contributed by atoms with Crippen LogP contribution in [0.15, 0.2) is 227 Å². The molecule has 0 fully saturated rings. The summed E-state index contributed by atoms with van der Waals surface area (Å²) < 4.78 is 23.8. The first kappa shape index (κ1) is 49.6. The van der Waals surface area contributed by atoms with Gasteiger partial charge in [0.05, 0.1) is 21.3 Å². The molecule has 0 bridgehead atoms. The molecule has 2 aromatic heterocycles. The zero-order chi connectivity index (χ0) is 50.4. The van der Waals surface area contributed by atoms with Crippen molar-refractivity contribution in [3.8, 4) is 72.9 Å². The molecule has 0 amide bonds. The fourth-order valence-corrected chi connectivity index (χ4v) is 12.5. The third-order valence-electron chi connectivity index (χ3n) is 12.7. The summed E-state index contributed by atoms with van der Waals surface area (Å²) in [4.78, 5) is 0. The third-order valence-corrected chi connectivity index (χ3v) is 16.0. The normalized spacial score (nSPS) is 10.9. The molecule has 5 nitrogen and oxygen atoms in total. The highest BCUT2D eigenvalue weighted by Crippen LogP contribution is 2.43. The summed E-state index contributed by atoms with van der Waals surface area (Å²) in [7, 11) is 3.53. The van der Waals surface area contributed by atoms with Gasteiger partial charge in [-0.1, -0.05) is 177 Å². The molecule has 10 heteroatoms. The van der Waals surface area contributed by atoms with Crippen molar-refractivity contribution < 1.29 is 24.3 Å². The molecule has 12 rings (SSSR count). The van der Waals surface area contributed by atoms with Crippen LogP contribution >= 0.6 is 54.5 Å². The molecule has 2 N–H and O–H groups in total. The van der Waals surface area contributed by atoms with Gasteiger partial charge in [0.2, 0.25) is 0 Å². The van der Waals surface area contributed by atoms with Gasteiger partial charge in [0.25, 0.3) is 0 Å². The van der Waals surface area contributed by atoms with E-state index in [2.05, 4.69) is 190 Å². The van der Waals surface area contributed by atoms with Gasteiger partial charge in [-0.15, -0.1) is 22.7 Å². The Kier molecular flexibility index (Phi) is 15.2. The van der Waals surface area contributed by atoms with Crippen molar-refractivity contribution in [1.29, 1.82) is 0 Å². The summed E-state index contributed by atoms with van der Waals surface area (Å²) in [6.07, 6.45) is 0. The van der Waals surface area contributed by atoms with E-state index in [4.69, 9.17) is 14.2 Å². The maximum Gasteiger partial charge on any atom is 0.489 e. The number of fused-ring (bicyclic) bond motifs is 6. The van der Waals surface area contributed by atoms with E-state index in [-0.39, 0.29) is 0 Å². The van der Waals surface area contributed by atoms with Crippen molar-refractivity contribution in [3.05, 3.63) is 227 Å². The number of benzene rings is 10. The van der Waals surface area contributed by atoms with Crippen molar-refractivity contribution in [1.82, 2.24) is 0 Å². The van der Waals surface area contributed by atoms with Crippen molar-refractivity contribution in [2.45, 2.75) is 0 Å². The van der Waals surface area contributed by atoms with Gasteiger partial charge in [-0.3, -0.25) is 0 Å². The highest BCUT2D eigenvalue weighted by Gasteiger charge is 2.18. The van der Waals surface area contributed by atoms with Gasteiger partial charge in [0, 0.05) is 49.3 Å². The maximum absolute atomic E-state index is 9.34. The van der Waals surface area contributed by atoms with Gasteiger partial charge in [-0.2, -0.15) is 0 Å². The lowest BCUT2D eigenvalue weighted by Crippen LogP contribution is -2.31. The zero-order valence-corrected chi connectivity index (χ0v) is 44.9. The van der Waals surface area contributed by atoms with Gasteiger partial charge in [-0.25, -0.2) is 0 Å². The fourth-order valence-electron chi connectivity index (χ4n) is 9.11. The minimum atomic E-state index is -1.49. The minimum Gasteiger partial charge on any atom is -0.497 e. The van der Waals surface area contributed by atoms with Crippen LogP contribution < -0.4 is 19.7 Å². The number of ether oxygens (including phenoxy) is 3. The Balaban J connectivity index is 0.000000155. The second-order valence-corrected chi connectivity index (χ2v) is 21.2. The molecule has 0 atom stereocenters. The first-order chi connectivity index (χ1) is 35.7. The summed E-state index contributed by atoms with van der Waals surface area (Å²) in [5.74, 6) is 2.40. The molecule has 0 aliphatic carbocycles. The number of hydrogen-bond acceptors (Lipinski definition) is 7. The zero-order valence-electron chi connectivity index (χ0n) is 40.1. The summed E-state index contributed by atoms with van der Waals surface area (Å²) in [6.45, 7) is 0. The number of thiophene rings is 2. The van der Waals surface area contributed by atoms with Gasteiger partial charge >= 0.3 is 7.12 Å². The first-order valence-corrected chi connectivity index (χ1v) is 26.7. The van der Waals surface area contributed by atoms with Crippen LogP contribution in [0.25, 0.3) is 96.0 Å². The monoisotopic (exact) mass is 1120 g/mol. The summed E-state index contributed by atoms with van der Waals surface area (Å²) >= 11 is 10.7. The van der Waals surface area contributed by atoms with Crippen molar-refractivity contribution in [3.63, 3.8) is 0 Å². The summed E-state index contributed by atoms with van der Waals surface area (Å²) in [5, 5.41) is 23.9. The maximum atomic E-state index is 9.34. The Bertz CT molecular complexity index is 3680. The van der Waals surface area contributed by atoms with Crippen LogP contribution in [0.2, 0.25) is 0 Å². The van der Waals surface area contributed by atoms with Gasteiger partial charge in [0.1, 0.15) is 17.2 Å². The molecule has 0 saturated heterocycles. The van der Waals surface area contributed by atoms with E-state index in [0.29, 0.717) is 11.2 Å². The van der Waals surface area contributed by atoms with Crippen molar-refractivity contribution >= 4 is 107 Å². The Hall–Kier alpha value is -7.02. The van der Waals surface area contributed by atoms with Crippen molar-refractivity contribution in [2.75, 3.05) is 21.3 Å². The lowest BCUT2D eigenvalue weighted by atomic mass is 9.75. The molecule has 12 aromatic rings. The van der Waals surface area contributed by atoms with Gasteiger partial charge in [-0.05, 0) is 134 Å². The average molecular weight is 1120 g/mol. The van der Waals surface area contributed by atoms with Crippen LogP contribution in [0, 0.1) is 0 Å². The second kappa shape index (κ2) is 22.4. The summed E-state index contributed by atoms with van der Waals surface area (Å²) in [5.41, 5.74) is 11.6. The van der Waals surface area contributed by atoms with E-state index in [1.165, 1.54) is 84.9 Å². The Labute approximate surface area is 450 Å². The van der Waals surface area contributed by atoms with E-state index in [9.17, 15) is 10.0 Å². The van der Waals surface area contributed by atoms with E-state index in [1.807, 2.05) is 65.1 Å². The Morgan fingerprint density at radius 3 is 1.05 bits per heavy atom. The molecule has 0 radical (unpaired) electrons. The third kappa shape index (κ3) is 10.9. The predicted molar refractivity (Wildman–Crippen MR) is 317 cm³/mol. The van der Waals surface area contributed by atoms with Crippen LogP contribution in [0.4, 0.5) is 0 Å². The predicted octanol–water partition coefficient (Wildman–Crippen LogP) is 17.4. The quantitative estimate of drug-likeness (QED) is 0.141. The standard InChI is InChI=1S/C38H28O2S.C13H13BO3.C12H6Br2S/c1-39-29-15-19-31(35(23-29)25-9-5-3-6-10-25)27-13-17-33-34-18-14-28(22-38(34)41-37(33)21-27)32-20-16-30(40-2)24-36(32)26-11-7-4-8-12-26;1-17-11-7-8-13(14(15)16)12(9-11)10-5-3-2-4-6-10;13-7-1-3-9-10-4-2-8(14)6-12(10)15-11(9)5-7/h3-24H,1-2H3;2-9,15-16H,1H3;1-6H. The fraction of sp³-hybridized carbons (Fsp3) is 0.0476. The molecule has 358 valence electrons. The number of hydrogen-bond donors (Lipinski definition) is 2. The Morgan fingerprint density at radius 2 is 0.671 bits per heavy atom. The molecule has 0 saturated carbocycles. The molecule has 2 heterocycles. The van der Waals surface area contributed by atoms with E-state index < -0.39 is 7.12 Å². The molecule has 10 aromatic carbocycles. The highest BCUT2D eigenvalue weighted by molar-refractivity contribution is 9.10. The van der Waals surface area contributed by atoms with Crippen LogP contribution in [-0.4, -0.2) is 38.5 Å². The molecule has 73 heavy (non-hydrogen) atoms. The second-order valence-electron chi connectivity index (χ2n) is 17.2. The van der Waals surface area contributed by atoms with Crippen LogP contribution in [0.1, 0.15) is 0 Å². The van der Waals surface area contributed by atoms with Crippen LogP contribution in [-0.2, 0) is 0 Å². The largest absolute Gasteiger partial charge is 0.497 e.